The number of allylic oxidation sites excluding steroid dienone is 1. The number of nitrogens with one attached hydrogen (secondary N) is 1. The number of hydroxylamine groups is 1. The van der Waals surface area contributed by atoms with Crippen molar-refractivity contribution in [2.45, 2.75) is 25.3 Å². The van der Waals surface area contributed by atoms with Crippen molar-refractivity contribution in [1.82, 2.24) is 5.48 Å². The van der Waals surface area contributed by atoms with Crippen molar-refractivity contribution < 1.29 is 29.4 Å². The highest BCUT2D eigenvalue weighted by Gasteiger charge is 2.33. The lowest BCUT2D eigenvalue weighted by atomic mass is 9.77. The van der Waals surface area contributed by atoms with E-state index in [1.807, 2.05) is 42.5 Å². The molecular weight excluding hydrogens is 388 g/mol. The van der Waals surface area contributed by atoms with Crippen LogP contribution < -0.4 is 24.4 Å². The van der Waals surface area contributed by atoms with Crippen LogP contribution in [-0.4, -0.2) is 29.7 Å². The summed E-state index contributed by atoms with van der Waals surface area (Å²) in [7, 11) is 0. The van der Waals surface area contributed by atoms with Gasteiger partial charge in [0.1, 0.15) is 0 Å². The van der Waals surface area contributed by atoms with Crippen LogP contribution in [0, 0.1) is 5.92 Å². The van der Waals surface area contributed by atoms with Gasteiger partial charge in [0.15, 0.2) is 23.0 Å². The van der Waals surface area contributed by atoms with E-state index in [1.54, 1.807) is 0 Å². The largest absolute Gasteiger partial charge is 0.454 e. The van der Waals surface area contributed by atoms with E-state index in [0.717, 1.165) is 41.7 Å². The molecule has 2 heterocycles. The fourth-order valence-electron chi connectivity index (χ4n) is 4.33. The molecule has 2 atom stereocenters. The number of hydrogen-bond acceptors (Lipinski definition) is 8. The minimum atomic E-state index is -0.453. The summed E-state index contributed by atoms with van der Waals surface area (Å²) in [6.45, 7) is 0.408. The second-order valence-corrected chi connectivity index (χ2v) is 7.49. The van der Waals surface area contributed by atoms with Crippen molar-refractivity contribution >= 4 is 11.8 Å². The van der Waals surface area contributed by atoms with Gasteiger partial charge in [-0.05, 0) is 66.3 Å². The molecule has 0 aromatic heterocycles. The molecule has 1 aliphatic carbocycles. The Kier molecular flexibility index (Phi) is 4.94. The number of benzene rings is 2. The summed E-state index contributed by atoms with van der Waals surface area (Å²) in [5.41, 5.74) is 5.66. The molecule has 1 fully saturated rings. The summed E-state index contributed by atoms with van der Waals surface area (Å²) in [5.74, 6) is 2.53. The molecule has 2 aromatic rings. The number of nitrogens with zero attached hydrogens (tertiary/aromatic N) is 1. The fraction of sp³-hybridized carbons (Fsp3) is 0.318. The number of oxime groups is 1. The SMILES string of the molecule is ON=C1C(=Cc2ccc3c(c2)OCO3)CCCC1C(NO)c1ccc2c(c1)OCO2. The van der Waals surface area contributed by atoms with Crippen molar-refractivity contribution in [2.75, 3.05) is 13.6 Å². The summed E-state index contributed by atoms with van der Waals surface area (Å²) in [4.78, 5) is 0. The zero-order valence-corrected chi connectivity index (χ0v) is 16.2. The summed E-state index contributed by atoms with van der Waals surface area (Å²) in [6.07, 6.45) is 4.45. The highest BCUT2D eigenvalue weighted by atomic mass is 16.7. The minimum Gasteiger partial charge on any atom is -0.454 e. The number of rotatable bonds is 4. The fourth-order valence-corrected chi connectivity index (χ4v) is 4.33. The second kappa shape index (κ2) is 7.89. The summed E-state index contributed by atoms with van der Waals surface area (Å²) in [5, 5.41) is 23.5. The Morgan fingerprint density at radius 1 is 0.967 bits per heavy atom. The highest BCUT2D eigenvalue weighted by molar-refractivity contribution is 6.06. The maximum Gasteiger partial charge on any atom is 0.231 e. The molecule has 0 spiro atoms. The second-order valence-electron chi connectivity index (χ2n) is 7.49. The first-order chi connectivity index (χ1) is 14.8. The first-order valence-electron chi connectivity index (χ1n) is 9.88. The van der Waals surface area contributed by atoms with Crippen LogP contribution >= 0.6 is 0 Å². The Morgan fingerprint density at radius 2 is 1.67 bits per heavy atom. The van der Waals surface area contributed by atoms with Gasteiger partial charge in [0.2, 0.25) is 13.6 Å². The molecule has 0 saturated heterocycles. The van der Waals surface area contributed by atoms with Gasteiger partial charge >= 0.3 is 0 Å². The van der Waals surface area contributed by atoms with Crippen LogP contribution in [0.1, 0.15) is 36.4 Å². The van der Waals surface area contributed by atoms with Crippen LogP contribution in [0.2, 0.25) is 0 Å². The van der Waals surface area contributed by atoms with Crippen molar-refractivity contribution in [3.05, 3.63) is 53.1 Å². The van der Waals surface area contributed by atoms with Crippen LogP contribution in [0.15, 0.2) is 47.1 Å². The van der Waals surface area contributed by atoms with Crippen LogP contribution in [0.3, 0.4) is 0 Å². The molecule has 1 saturated carbocycles. The Hall–Kier alpha value is -3.23. The quantitative estimate of drug-likeness (QED) is 0.519. The number of hydrogen-bond donors (Lipinski definition) is 3. The van der Waals surface area contributed by atoms with Gasteiger partial charge in [-0.1, -0.05) is 17.3 Å². The molecular formula is C22H22N2O6. The molecule has 8 heteroatoms. The standard InChI is InChI=1S/C22H22N2O6/c25-23-21-14(8-13-4-6-17-19(9-13)29-11-27-17)2-1-3-16(21)22(24-26)15-5-7-18-20(10-15)30-12-28-18/h4-10,16,22,24-26H,1-3,11-12H2. The zero-order valence-electron chi connectivity index (χ0n) is 16.2. The lowest BCUT2D eigenvalue weighted by Crippen LogP contribution is -2.34. The molecule has 0 radical (unpaired) electrons. The lowest BCUT2D eigenvalue weighted by molar-refractivity contribution is 0.106. The smallest absolute Gasteiger partial charge is 0.231 e. The number of ether oxygens (including phenoxy) is 4. The predicted octanol–water partition coefficient (Wildman–Crippen LogP) is 3.88. The van der Waals surface area contributed by atoms with Crippen molar-refractivity contribution in [1.29, 1.82) is 0 Å². The average molecular weight is 410 g/mol. The summed E-state index contributed by atoms with van der Waals surface area (Å²) >= 11 is 0. The van der Waals surface area contributed by atoms with E-state index in [1.165, 1.54) is 0 Å². The van der Waals surface area contributed by atoms with Crippen molar-refractivity contribution in [3.63, 3.8) is 0 Å². The average Bonchev–Trinajstić information content (AvgIpc) is 3.43. The molecule has 2 aromatic carbocycles. The maximum atomic E-state index is 9.97. The maximum absolute atomic E-state index is 9.97. The molecule has 30 heavy (non-hydrogen) atoms. The molecule has 8 nitrogen and oxygen atoms in total. The van der Waals surface area contributed by atoms with E-state index in [0.29, 0.717) is 23.0 Å². The summed E-state index contributed by atoms with van der Waals surface area (Å²) in [6, 6.07) is 10.8. The van der Waals surface area contributed by atoms with Gasteiger partial charge in [0.05, 0.1) is 11.8 Å². The molecule has 3 aliphatic rings. The predicted molar refractivity (Wildman–Crippen MR) is 107 cm³/mol. The van der Waals surface area contributed by atoms with E-state index in [-0.39, 0.29) is 19.5 Å². The Morgan fingerprint density at radius 3 is 2.40 bits per heavy atom. The van der Waals surface area contributed by atoms with Gasteiger partial charge in [-0.3, -0.25) is 0 Å². The lowest BCUT2D eigenvalue weighted by Gasteiger charge is -2.31. The van der Waals surface area contributed by atoms with E-state index < -0.39 is 6.04 Å². The topological polar surface area (TPSA) is 102 Å². The van der Waals surface area contributed by atoms with E-state index >= 15 is 0 Å². The normalized spacial score (nSPS) is 23.2. The van der Waals surface area contributed by atoms with Crippen LogP contribution in [0.4, 0.5) is 0 Å². The third-order valence-electron chi connectivity index (χ3n) is 5.78. The minimum absolute atomic E-state index is 0.186. The van der Waals surface area contributed by atoms with Gasteiger partial charge in [-0.2, -0.15) is 5.48 Å². The van der Waals surface area contributed by atoms with E-state index in [9.17, 15) is 10.4 Å². The first kappa shape index (κ1) is 18.8. The molecule has 0 bridgehead atoms. The molecule has 3 N–H and O–H groups in total. The molecule has 156 valence electrons. The van der Waals surface area contributed by atoms with E-state index in [2.05, 4.69) is 10.6 Å². The van der Waals surface area contributed by atoms with Gasteiger partial charge in [-0.15, -0.1) is 0 Å². The third kappa shape index (κ3) is 3.34. The van der Waals surface area contributed by atoms with Gasteiger partial charge < -0.3 is 29.4 Å². The van der Waals surface area contributed by atoms with Crippen LogP contribution in [0.25, 0.3) is 6.08 Å². The molecule has 2 aliphatic heterocycles. The Bertz CT molecular complexity index is 1020. The third-order valence-corrected chi connectivity index (χ3v) is 5.78. The molecule has 5 rings (SSSR count). The molecule has 2 unspecified atom stereocenters. The van der Waals surface area contributed by atoms with Crippen LogP contribution in [-0.2, 0) is 0 Å². The molecule has 0 amide bonds. The highest BCUT2D eigenvalue weighted by Crippen LogP contribution is 2.40. The van der Waals surface area contributed by atoms with Crippen LogP contribution in [0.5, 0.6) is 23.0 Å². The Labute approximate surface area is 173 Å². The Balaban J connectivity index is 1.45. The zero-order chi connectivity index (χ0) is 20.5. The van der Waals surface area contributed by atoms with Gasteiger partial charge in [0, 0.05) is 5.92 Å². The van der Waals surface area contributed by atoms with E-state index in [4.69, 9.17) is 18.9 Å². The number of fused-ring (bicyclic) bond motifs is 2. The monoisotopic (exact) mass is 410 g/mol. The first-order valence-corrected chi connectivity index (χ1v) is 9.88. The van der Waals surface area contributed by atoms with Crippen molar-refractivity contribution in [3.8, 4) is 23.0 Å². The van der Waals surface area contributed by atoms with Gasteiger partial charge in [-0.25, -0.2) is 0 Å². The summed E-state index contributed by atoms with van der Waals surface area (Å²) < 4.78 is 21.7. The van der Waals surface area contributed by atoms with Crippen molar-refractivity contribution in [2.24, 2.45) is 11.1 Å². The van der Waals surface area contributed by atoms with Gasteiger partial charge in [0.25, 0.3) is 0 Å².